The Hall–Kier alpha value is -1.48. The minimum Gasteiger partial charge on any atom is -0.426 e. The highest BCUT2D eigenvalue weighted by molar-refractivity contribution is 7.98. The van der Waals surface area contributed by atoms with Crippen molar-refractivity contribution in [2.24, 2.45) is 5.92 Å². The maximum absolute atomic E-state index is 11.5. The van der Waals surface area contributed by atoms with Gasteiger partial charge >= 0.3 is 5.97 Å². The topological polar surface area (TPSA) is 26.3 Å². The van der Waals surface area contributed by atoms with Crippen molar-refractivity contribution >= 4 is 28.5 Å². The summed E-state index contributed by atoms with van der Waals surface area (Å²) in [5.41, 5.74) is 0. The van der Waals surface area contributed by atoms with E-state index in [9.17, 15) is 4.79 Å². The summed E-state index contributed by atoms with van der Waals surface area (Å²) in [5, 5.41) is 2.24. The molecule has 2 nitrogen and oxygen atoms in total. The lowest BCUT2D eigenvalue weighted by molar-refractivity contribution is -0.137. The molecule has 94 valence electrons. The van der Waals surface area contributed by atoms with Crippen LogP contribution in [0.4, 0.5) is 0 Å². The summed E-state index contributed by atoms with van der Waals surface area (Å²) in [6.45, 7) is 3.66. The second-order valence-corrected chi connectivity index (χ2v) is 5.33. The molecule has 2 aromatic rings. The summed E-state index contributed by atoms with van der Waals surface area (Å²) >= 11 is 1.72. The molecular weight excluding hydrogens is 244 g/mol. The third-order valence-corrected chi connectivity index (χ3v) is 3.43. The summed E-state index contributed by atoms with van der Waals surface area (Å²) in [4.78, 5) is 12.8. The van der Waals surface area contributed by atoms with Crippen LogP contribution in [-0.4, -0.2) is 12.2 Å². The van der Waals surface area contributed by atoms with E-state index >= 15 is 0 Å². The predicted octanol–water partition coefficient (Wildman–Crippen LogP) is 4.12. The van der Waals surface area contributed by atoms with Gasteiger partial charge in [0.05, 0.1) is 5.92 Å². The van der Waals surface area contributed by atoms with Crippen LogP contribution in [0, 0.1) is 5.92 Å². The summed E-state index contributed by atoms with van der Waals surface area (Å²) < 4.78 is 5.30. The van der Waals surface area contributed by atoms with Crippen LogP contribution in [0.5, 0.6) is 5.75 Å². The van der Waals surface area contributed by atoms with Crippen molar-refractivity contribution in [3.8, 4) is 5.75 Å². The van der Waals surface area contributed by atoms with Crippen LogP contribution in [0.25, 0.3) is 10.8 Å². The van der Waals surface area contributed by atoms with E-state index in [0.29, 0.717) is 5.75 Å². The second-order valence-electron chi connectivity index (χ2n) is 4.45. The standard InChI is InChI=1S/C15H16O2S/c1-10(2)15(16)17-13-6-4-12-9-14(18-3)7-5-11(12)8-13/h4-10H,1-3H3. The Morgan fingerprint density at radius 1 is 1.11 bits per heavy atom. The minimum atomic E-state index is -0.199. The lowest BCUT2D eigenvalue weighted by Gasteiger charge is -2.08. The van der Waals surface area contributed by atoms with Gasteiger partial charge in [-0.15, -0.1) is 11.8 Å². The van der Waals surface area contributed by atoms with E-state index in [2.05, 4.69) is 18.4 Å². The third kappa shape index (κ3) is 2.85. The molecule has 0 spiro atoms. The van der Waals surface area contributed by atoms with Gasteiger partial charge in [0, 0.05) is 4.90 Å². The van der Waals surface area contributed by atoms with Crippen LogP contribution >= 0.6 is 11.8 Å². The number of thioether (sulfide) groups is 1. The van der Waals surface area contributed by atoms with E-state index in [1.807, 2.05) is 38.1 Å². The molecule has 0 radical (unpaired) electrons. The predicted molar refractivity (Wildman–Crippen MR) is 76.2 cm³/mol. The smallest absolute Gasteiger partial charge is 0.313 e. The highest BCUT2D eigenvalue weighted by atomic mass is 32.2. The zero-order valence-electron chi connectivity index (χ0n) is 10.8. The fourth-order valence-corrected chi connectivity index (χ4v) is 2.08. The van der Waals surface area contributed by atoms with Crippen molar-refractivity contribution in [3.63, 3.8) is 0 Å². The molecule has 0 aromatic heterocycles. The molecule has 0 unspecified atom stereocenters. The van der Waals surface area contributed by atoms with Crippen LogP contribution in [0.1, 0.15) is 13.8 Å². The molecule has 0 heterocycles. The van der Waals surface area contributed by atoms with Gasteiger partial charge in [-0.05, 0) is 41.3 Å². The quantitative estimate of drug-likeness (QED) is 0.471. The van der Waals surface area contributed by atoms with Gasteiger partial charge in [-0.2, -0.15) is 0 Å². The van der Waals surface area contributed by atoms with Gasteiger partial charge in [-0.1, -0.05) is 26.0 Å². The monoisotopic (exact) mass is 260 g/mol. The first-order valence-electron chi connectivity index (χ1n) is 5.89. The SMILES string of the molecule is CSc1ccc2cc(OC(=O)C(C)C)ccc2c1. The number of fused-ring (bicyclic) bond motifs is 1. The molecule has 0 aliphatic rings. The first-order valence-corrected chi connectivity index (χ1v) is 7.12. The number of carbonyl (C=O) groups is 1. The van der Waals surface area contributed by atoms with Crippen molar-refractivity contribution < 1.29 is 9.53 Å². The molecule has 0 aliphatic carbocycles. The van der Waals surface area contributed by atoms with E-state index in [0.717, 1.165) is 10.8 Å². The molecule has 0 bridgehead atoms. The highest BCUT2D eigenvalue weighted by Crippen LogP contribution is 2.25. The summed E-state index contributed by atoms with van der Waals surface area (Å²) in [6.07, 6.45) is 2.06. The van der Waals surface area contributed by atoms with Gasteiger partial charge in [-0.25, -0.2) is 0 Å². The normalized spacial score (nSPS) is 10.9. The van der Waals surface area contributed by atoms with Crippen molar-refractivity contribution in [1.82, 2.24) is 0 Å². The lowest BCUT2D eigenvalue weighted by atomic mass is 10.1. The number of esters is 1. The minimum absolute atomic E-state index is 0.112. The Morgan fingerprint density at radius 2 is 1.78 bits per heavy atom. The molecule has 2 rings (SSSR count). The third-order valence-electron chi connectivity index (χ3n) is 2.71. The Labute approximate surface area is 111 Å². The molecule has 0 saturated heterocycles. The average Bonchev–Trinajstić information content (AvgIpc) is 2.37. The van der Waals surface area contributed by atoms with Crippen molar-refractivity contribution in [1.29, 1.82) is 0 Å². The molecule has 3 heteroatoms. The Bertz CT molecular complexity index is 576. The number of hydrogen-bond donors (Lipinski definition) is 0. The van der Waals surface area contributed by atoms with Gasteiger partial charge in [0.25, 0.3) is 0 Å². The van der Waals surface area contributed by atoms with Crippen LogP contribution < -0.4 is 4.74 Å². The Kier molecular flexibility index (Phi) is 3.92. The molecule has 0 N–H and O–H groups in total. The zero-order chi connectivity index (χ0) is 13.1. The van der Waals surface area contributed by atoms with E-state index in [-0.39, 0.29) is 11.9 Å². The molecule has 0 fully saturated rings. The maximum atomic E-state index is 11.5. The zero-order valence-corrected chi connectivity index (χ0v) is 11.6. The number of benzene rings is 2. The van der Waals surface area contributed by atoms with Crippen LogP contribution in [0.2, 0.25) is 0 Å². The Morgan fingerprint density at radius 3 is 2.44 bits per heavy atom. The van der Waals surface area contributed by atoms with E-state index in [1.165, 1.54) is 4.90 Å². The van der Waals surface area contributed by atoms with Gasteiger partial charge in [0.15, 0.2) is 0 Å². The van der Waals surface area contributed by atoms with Gasteiger partial charge in [0.1, 0.15) is 5.75 Å². The Balaban J connectivity index is 2.30. The molecule has 0 amide bonds. The summed E-state index contributed by atoms with van der Waals surface area (Å²) in [6, 6.07) is 12.0. The van der Waals surface area contributed by atoms with Crippen molar-refractivity contribution in [2.75, 3.05) is 6.26 Å². The molecular formula is C15H16O2S. The first-order chi connectivity index (χ1) is 8.60. The number of rotatable bonds is 3. The second kappa shape index (κ2) is 5.44. The van der Waals surface area contributed by atoms with E-state index < -0.39 is 0 Å². The fraction of sp³-hybridized carbons (Fsp3) is 0.267. The highest BCUT2D eigenvalue weighted by Gasteiger charge is 2.09. The molecule has 2 aromatic carbocycles. The fourth-order valence-electron chi connectivity index (χ4n) is 1.63. The van der Waals surface area contributed by atoms with Gasteiger partial charge in [-0.3, -0.25) is 4.79 Å². The number of ether oxygens (including phenoxy) is 1. The molecule has 0 aliphatic heterocycles. The van der Waals surface area contributed by atoms with Crippen molar-refractivity contribution in [2.45, 2.75) is 18.7 Å². The van der Waals surface area contributed by atoms with Crippen LogP contribution in [-0.2, 0) is 4.79 Å². The van der Waals surface area contributed by atoms with Crippen LogP contribution in [0.15, 0.2) is 41.3 Å². The summed E-state index contributed by atoms with van der Waals surface area (Å²) in [5.74, 6) is 0.299. The van der Waals surface area contributed by atoms with Crippen molar-refractivity contribution in [3.05, 3.63) is 36.4 Å². The average molecular weight is 260 g/mol. The first kappa shape index (κ1) is 13.0. The summed E-state index contributed by atoms with van der Waals surface area (Å²) in [7, 11) is 0. The lowest BCUT2D eigenvalue weighted by Crippen LogP contribution is -2.14. The van der Waals surface area contributed by atoms with E-state index in [4.69, 9.17) is 4.74 Å². The maximum Gasteiger partial charge on any atom is 0.313 e. The van der Waals surface area contributed by atoms with E-state index in [1.54, 1.807) is 11.8 Å². The molecule has 18 heavy (non-hydrogen) atoms. The van der Waals surface area contributed by atoms with Gasteiger partial charge in [0.2, 0.25) is 0 Å². The van der Waals surface area contributed by atoms with Gasteiger partial charge < -0.3 is 4.74 Å². The van der Waals surface area contributed by atoms with Crippen LogP contribution in [0.3, 0.4) is 0 Å². The number of carbonyl (C=O) groups excluding carboxylic acids is 1. The molecule has 0 atom stereocenters. The molecule has 0 saturated carbocycles. The largest absolute Gasteiger partial charge is 0.426 e. The number of hydrogen-bond acceptors (Lipinski definition) is 3.